The average Bonchev–Trinajstić information content (AvgIpc) is 2.48. The molecule has 1 aromatic heterocycles. The van der Waals surface area contributed by atoms with Crippen molar-refractivity contribution in [2.24, 2.45) is 5.84 Å². The van der Waals surface area contributed by atoms with Crippen LogP contribution in [0, 0.1) is 0 Å². The van der Waals surface area contributed by atoms with Gasteiger partial charge in [0.1, 0.15) is 0 Å². The van der Waals surface area contributed by atoms with Crippen molar-refractivity contribution in [2.45, 2.75) is 19.5 Å². The minimum Gasteiger partial charge on any atom is -0.294 e. The van der Waals surface area contributed by atoms with Crippen LogP contribution >= 0.6 is 0 Å². The van der Waals surface area contributed by atoms with Gasteiger partial charge in [-0.2, -0.15) is 0 Å². The molecule has 0 aliphatic carbocycles. The zero-order chi connectivity index (χ0) is 13.1. The molecule has 0 spiro atoms. The zero-order valence-electron chi connectivity index (χ0n) is 10.7. The number of nitrogens with one attached hydrogen (secondary N) is 1. The van der Waals surface area contributed by atoms with Gasteiger partial charge < -0.3 is 0 Å². The number of rotatable bonds is 3. The van der Waals surface area contributed by atoms with Crippen molar-refractivity contribution in [3.8, 4) is 0 Å². The molecule has 3 N–H and O–H groups in total. The van der Waals surface area contributed by atoms with Crippen LogP contribution in [-0.4, -0.2) is 21.4 Å². The highest BCUT2D eigenvalue weighted by Crippen LogP contribution is 2.19. The van der Waals surface area contributed by atoms with Crippen LogP contribution in [0.5, 0.6) is 0 Å². The first kappa shape index (κ1) is 12.1. The molecule has 0 unspecified atom stereocenters. The number of nitrogen functional groups attached to an aromatic ring is 1. The van der Waals surface area contributed by atoms with Crippen molar-refractivity contribution in [3.63, 3.8) is 0 Å². The van der Waals surface area contributed by atoms with Gasteiger partial charge in [0, 0.05) is 37.8 Å². The molecule has 5 nitrogen and oxygen atoms in total. The highest BCUT2D eigenvalue weighted by atomic mass is 15.3. The molecule has 5 heteroatoms. The third kappa shape index (κ3) is 2.72. The number of nitrogens with two attached hydrogens (primary N) is 1. The van der Waals surface area contributed by atoms with E-state index in [1.165, 1.54) is 11.1 Å². The van der Waals surface area contributed by atoms with Gasteiger partial charge in [0.15, 0.2) is 0 Å². The summed E-state index contributed by atoms with van der Waals surface area (Å²) >= 11 is 0. The Kier molecular flexibility index (Phi) is 3.39. The van der Waals surface area contributed by atoms with Crippen molar-refractivity contribution in [1.82, 2.24) is 14.9 Å². The predicted octanol–water partition coefficient (Wildman–Crippen LogP) is 1.32. The maximum absolute atomic E-state index is 5.33. The second-order valence-corrected chi connectivity index (χ2v) is 4.76. The van der Waals surface area contributed by atoms with Gasteiger partial charge in [0.25, 0.3) is 0 Å². The summed E-state index contributed by atoms with van der Waals surface area (Å²) in [4.78, 5) is 11.0. The number of anilines is 1. The lowest BCUT2D eigenvalue weighted by molar-refractivity contribution is 0.243. The SMILES string of the molecule is NNc1ncc2c(n1)CCN(Cc1ccccc1)C2. The molecule has 98 valence electrons. The van der Waals surface area contributed by atoms with Crippen LogP contribution in [0.1, 0.15) is 16.8 Å². The number of hydrogen-bond acceptors (Lipinski definition) is 5. The molecular weight excluding hydrogens is 238 g/mol. The van der Waals surface area contributed by atoms with E-state index in [4.69, 9.17) is 5.84 Å². The van der Waals surface area contributed by atoms with E-state index < -0.39 is 0 Å². The summed E-state index contributed by atoms with van der Waals surface area (Å²) in [5.41, 5.74) is 6.13. The summed E-state index contributed by atoms with van der Waals surface area (Å²) in [6.07, 6.45) is 2.81. The summed E-state index contributed by atoms with van der Waals surface area (Å²) in [5.74, 6) is 5.82. The Labute approximate surface area is 112 Å². The van der Waals surface area contributed by atoms with E-state index in [0.717, 1.165) is 31.7 Å². The van der Waals surface area contributed by atoms with E-state index in [1.54, 1.807) is 0 Å². The van der Waals surface area contributed by atoms with E-state index in [9.17, 15) is 0 Å². The van der Waals surface area contributed by atoms with Gasteiger partial charge in [0.05, 0.1) is 5.69 Å². The lowest BCUT2D eigenvalue weighted by atomic mass is 10.1. The normalized spacial score (nSPS) is 15.0. The molecule has 0 radical (unpaired) electrons. The van der Waals surface area contributed by atoms with Gasteiger partial charge in [-0.25, -0.2) is 15.8 Å². The first-order valence-electron chi connectivity index (χ1n) is 6.43. The van der Waals surface area contributed by atoms with Crippen LogP contribution in [0.3, 0.4) is 0 Å². The monoisotopic (exact) mass is 255 g/mol. The van der Waals surface area contributed by atoms with Crippen LogP contribution in [-0.2, 0) is 19.5 Å². The number of nitrogens with zero attached hydrogens (tertiary/aromatic N) is 3. The van der Waals surface area contributed by atoms with Crippen molar-refractivity contribution in [1.29, 1.82) is 0 Å². The van der Waals surface area contributed by atoms with Gasteiger partial charge in [-0.15, -0.1) is 0 Å². The molecule has 1 aliphatic heterocycles. The van der Waals surface area contributed by atoms with Crippen molar-refractivity contribution in [3.05, 3.63) is 53.3 Å². The number of aromatic nitrogens is 2. The lowest BCUT2D eigenvalue weighted by Gasteiger charge is -2.28. The van der Waals surface area contributed by atoms with Crippen molar-refractivity contribution in [2.75, 3.05) is 12.0 Å². The van der Waals surface area contributed by atoms with Crippen LogP contribution in [0.4, 0.5) is 5.95 Å². The number of benzene rings is 1. The largest absolute Gasteiger partial charge is 0.294 e. The summed E-state index contributed by atoms with van der Waals surface area (Å²) < 4.78 is 0. The van der Waals surface area contributed by atoms with Gasteiger partial charge in [-0.3, -0.25) is 10.3 Å². The average molecular weight is 255 g/mol. The molecule has 0 bridgehead atoms. The standard InChI is InChI=1S/C14H17N5/c15-18-14-16-8-12-10-19(7-6-13(12)17-14)9-11-4-2-1-3-5-11/h1-5,8H,6-7,9-10,15H2,(H,16,17,18). The highest BCUT2D eigenvalue weighted by molar-refractivity contribution is 5.30. The van der Waals surface area contributed by atoms with Crippen molar-refractivity contribution >= 4 is 5.95 Å². The molecule has 3 rings (SSSR count). The first-order chi connectivity index (χ1) is 9.35. The number of fused-ring (bicyclic) bond motifs is 1. The van der Waals surface area contributed by atoms with Crippen LogP contribution < -0.4 is 11.3 Å². The van der Waals surface area contributed by atoms with Gasteiger partial charge in [-0.1, -0.05) is 30.3 Å². The second kappa shape index (κ2) is 5.34. The molecule has 0 saturated carbocycles. The fourth-order valence-electron chi connectivity index (χ4n) is 2.42. The summed E-state index contributed by atoms with van der Waals surface area (Å²) in [6.45, 7) is 2.88. The number of hydrazine groups is 1. The summed E-state index contributed by atoms with van der Waals surface area (Å²) in [5, 5.41) is 0. The third-order valence-electron chi connectivity index (χ3n) is 3.39. The lowest BCUT2D eigenvalue weighted by Crippen LogP contribution is -2.31. The second-order valence-electron chi connectivity index (χ2n) is 4.76. The Morgan fingerprint density at radius 2 is 2.11 bits per heavy atom. The fourth-order valence-corrected chi connectivity index (χ4v) is 2.42. The van der Waals surface area contributed by atoms with E-state index in [-0.39, 0.29) is 0 Å². The highest BCUT2D eigenvalue weighted by Gasteiger charge is 2.18. The molecule has 0 atom stereocenters. The van der Waals surface area contributed by atoms with E-state index in [0.29, 0.717) is 5.95 Å². The van der Waals surface area contributed by atoms with Crippen LogP contribution in [0.2, 0.25) is 0 Å². The van der Waals surface area contributed by atoms with Gasteiger partial charge in [0.2, 0.25) is 5.95 Å². The minimum atomic E-state index is 0.496. The van der Waals surface area contributed by atoms with E-state index in [1.807, 2.05) is 12.3 Å². The van der Waals surface area contributed by atoms with Crippen molar-refractivity contribution < 1.29 is 0 Å². The molecular formula is C14H17N5. The first-order valence-corrected chi connectivity index (χ1v) is 6.43. The molecule has 0 saturated heterocycles. The quantitative estimate of drug-likeness (QED) is 0.639. The third-order valence-corrected chi connectivity index (χ3v) is 3.39. The van der Waals surface area contributed by atoms with E-state index >= 15 is 0 Å². The molecule has 0 fully saturated rings. The number of hydrogen-bond donors (Lipinski definition) is 2. The topological polar surface area (TPSA) is 67.1 Å². The van der Waals surface area contributed by atoms with Gasteiger partial charge >= 0.3 is 0 Å². The van der Waals surface area contributed by atoms with E-state index in [2.05, 4.69) is 44.6 Å². The molecule has 2 aromatic rings. The molecule has 0 amide bonds. The maximum Gasteiger partial charge on any atom is 0.237 e. The molecule has 2 heterocycles. The molecule has 19 heavy (non-hydrogen) atoms. The zero-order valence-corrected chi connectivity index (χ0v) is 10.7. The molecule has 1 aromatic carbocycles. The Hall–Kier alpha value is -1.98. The Balaban J connectivity index is 1.72. The summed E-state index contributed by atoms with van der Waals surface area (Å²) in [7, 11) is 0. The predicted molar refractivity (Wildman–Crippen MR) is 74.1 cm³/mol. The Bertz CT molecular complexity index is 555. The van der Waals surface area contributed by atoms with Crippen LogP contribution in [0.15, 0.2) is 36.5 Å². The summed E-state index contributed by atoms with van der Waals surface area (Å²) in [6, 6.07) is 10.5. The fraction of sp³-hybridized carbons (Fsp3) is 0.286. The maximum atomic E-state index is 5.33. The smallest absolute Gasteiger partial charge is 0.237 e. The van der Waals surface area contributed by atoms with Gasteiger partial charge in [-0.05, 0) is 5.56 Å². The molecule has 1 aliphatic rings. The Morgan fingerprint density at radius 3 is 2.89 bits per heavy atom. The van der Waals surface area contributed by atoms with Crippen LogP contribution in [0.25, 0.3) is 0 Å². The Morgan fingerprint density at radius 1 is 1.26 bits per heavy atom. The minimum absolute atomic E-state index is 0.496.